The average Bonchev–Trinajstić information content (AvgIpc) is 3.11. The van der Waals surface area contributed by atoms with Crippen molar-refractivity contribution in [3.05, 3.63) is 53.7 Å². The first-order chi connectivity index (χ1) is 12.6. The fourth-order valence-corrected chi connectivity index (χ4v) is 3.06. The fourth-order valence-electron chi connectivity index (χ4n) is 3.06. The summed E-state index contributed by atoms with van der Waals surface area (Å²) in [5.74, 6) is 0.780. The number of amides is 1. The number of halogens is 1. The zero-order chi connectivity index (χ0) is 18.5. The van der Waals surface area contributed by atoms with Gasteiger partial charge in [0.1, 0.15) is 11.6 Å². The third-order valence-electron chi connectivity index (χ3n) is 4.82. The van der Waals surface area contributed by atoms with E-state index in [1.807, 2.05) is 32.0 Å². The lowest BCUT2D eigenvalue weighted by Gasteiger charge is -2.35. The van der Waals surface area contributed by atoms with E-state index in [4.69, 9.17) is 4.42 Å². The lowest BCUT2D eigenvalue weighted by Crippen LogP contribution is -2.46. The van der Waals surface area contributed by atoms with Crippen molar-refractivity contribution in [3.63, 3.8) is 0 Å². The van der Waals surface area contributed by atoms with Gasteiger partial charge in [0.15, 0.2) is 5.76 Å². The molecule has 1 amide bonds. The summed E-state index contributed by atoms with van der Waals surface area (Å²) in [4.78, 5) is 16.4. The van der Waals surface area contributed by atoms with Crippen molar-refractivity contribution in [2.45, 2.75) is 32.9 Å². The van der Waals surface area contributed by atoms with Crippen LogP contribution in [0.4, 0.5) is 10.1 Å². The maximum Gasteiger partial charge on any atom is 0.287 e. The molecular formula is C20H26FN3O2. The molecule has 3 rings (SSSR count). The standard InChI is InChI=1S/C20H26FN3O2/c1-3-15(2)22-20(25)19-9-8-16(26-19)14-23-10-12-24(13-11-23)18-7-5-4-6-17(18)21/h4-9,15H,3,10-14H2,1-2H3,(H,22,25). The molecule has 0 bridgehead atoms. The number of hydrogen-bond donors (Lipinski definition) is 1. The highest BCUT2D eigenvalue weighted by molar-refractivity contribution is 5.91. The van der Waals surface area contributed by atoms with Crippen molar-refractivity contribution in [2.75, 3.05) is 31.1 Å². The molecule has 0 radical (unpaired) electrons. The number of anilines is 1. The minimum Gasteiger partial charge on any atom is -0.455 e. The SMILES string of the molecule is CCC(C)NC(=O)c1ccc(CN2CCN(c3ccccc3F)CC2)o1. The molecule has 1 aromatic heterocycles. The molecule has 1 aliphatic heterocycles. The summed E-state index contributed by atoms with van der Waals surface area (Å²) in [5.41, 5.74) is 0.661. The van der Waals surface area contributed by atoms with Crippen LogP contribution in [-0.4, -0.2) is 43.0 Å². The topological polar surface area (TPSA) is 48.7 Å². The van der Waals surface area contributed by atoms with E-state index in [9.17, 15) is 9.18 Å². The van der Waals surface area contributed by atoms with Gasteiger partial charge in [0, 0.05) is 32.2 Å². The van der Waals surface area contributed by atoms with Crippen molar-refractivity contribution < 1.29 is 13.6 Å². The second-order valence-corrected chi connectivity index (χ2v) is 6.76. The molecule has 1 fully saturated rings. The van der Waals surface area contributed by atoms with Crippen LogP contribution < -0.4 is 10.2 Å². The maximum atomic E-state index is 13.9. The summed E-state index contributed by atoms with van der Waals surface area (Å²) in [5, 5.41) is 2.90. The van der Waals surface area contributed by atoms with Gasteiger partial charge in [0.05, 0.1) is 12.2 Å². The Morgan fingerprint density at radius 1 is 1.19 bits per heavy atom. The lowest BCUT2D eigenvalue weighted by molar-refractivity contribution is 0.0907. The van der Waals surface area contributed by atoms with Crippen molar-refractivity contribution in [3.8, 4) is 0 Å². The minimum absolute atomic E-state index is 0.127. The Kier molecular flexibility index (Phi) is 5.93. The van der Waals surface area contributed by atoms with Crippen LogP contribution in [0.2, 0.25) is 0 Å². The van der Waals surface area contributed by atoms with E-state index in [0.29, 0.717) is 18.0 Å². The van der Waals surface area contributed by atoms with Crippen molar-refractivity contribution in [2.24, 2.45) is 0 Å². The zero-order valence-corrected chi connectivity index (χ0v) is 15.4. The molecule has 1 saturated heterocycles. The quantitative estimate of drug-likeness (QED) is 0.860. The van der Waals surface area contributed by atoms with Crippen LogP contribution in [0.5, 0.6) is 0 Å². The first-order valence-electron chi connectivity index (χ1n) is 9.18. The maximum absolute atomic E-state index is 13.9. The summed E-state index contributed by atoms with van der Waals surface area (Å²) >= 11 is 0. The highest BCUT2D eigenvalue weighted by Gasteiger charge is 2.21. The zero-order valence-electron chi connectivity index (χ0n) is 15.4. The second kappa shape index (κ2) is 8.36. The van der Waals surface area contributed by atoms with Crippen molar-refractivity contribution >= 4 is 11.6 Å². The predicted molar refractivity (Wildman–Crippen MR) is 99.8 cm³/mol. The summed E-state index contributed by atoms with van der Waals surface area (Å²) in [7, 11) is 0. The first-order valence-corrected chi connectivity index (χ1v) is 9.18. The molecule has 1 unspecified atom stereocenters. The summed E-state index contributed by atoms with van der Waals surface area (Å²) in [6.45, 7) is 7.83. The minimum atomic E-state index is -0.177. The van der Waals surface area contributed by atoms with Gasteiger partial charge in [-0.25, -0.2) is 4.39 Å². The lowest BCUT2D eigenvalue weighted by atomic mass is 10.2. The van der Waals surface area contributed by atoms with Gasteiger partial charge in [-0.3, -0.25) is 9.69 Å². The van der Waals surface area contributed by atoms with Gasteiger partial charge in [0.25, 0.3) is 5.91 Å². The number of nitrogens with zero attached hydrogens (tertiary/aromatic N) is 2. The Hall–Kier alpha value is -2.34. The van der Waals surface area contributed by atoms with E-state index in [2.05, 4.69) is 15.1 Å². The summed E-state index contributed by atoms with van der Waals surface area (Å²) in [6, 6.07) is 10.6. The monoisotopic (exact) mass is 359 g/mol. The van der Waals surface area contributed by atoms with E-state index >= 15 is 0 Å². The number of piperazine rings is 1. The number of hydrogen-bond acceptors (Lipinski definition) is 4. The molecule has 2 aromatic rings. The highest BCUT2D eigenvalue weighted by atomic mass is 19.1. The van der Waals surface area contributed by atoms with Gasteiger partial charge in [-0.1, -0.05) is 19.1 Å². The molecule has 0 aliphatic carbocycles. The van der Waals surface area contributed by atoms with Crippen LogP contribution in [0.3, 0.4) is 0 Å². The fraction of sp³-hybridized carbons (Fsp3) is 0.450. The van der Waals surface area contributed by atoms with E-state index in [-0.39, 0.29) is 17.8 Å². The van der Waals surface area contributed by atoms with Crippen LogP contribution >= 0.6 is 0 Å². The number of nitrogens with one attached hydrogen (secondary N) is 1. The number of para-hydroxylation sites is 1. The molecule has 0 spiro atoms. The highest BCUT2D eigenvalue weighted by Crippen LogP contribution is 2.21. The molecule has 26 heavy (non-hydrogen) atoms. The van der Waals surface area contributed by atoms with Gasteiger partial charge < -0.3 is 14.6 Å². The van der Waals surface area contributed by atoms with Gasteiger partial charge in [-0.2, -0.15) is 0 Å². The molecule has 6 heteroatoms. The Morgan fingerprint density at radius 3 is 2.62 bits per heavy atom. The van der Waals surface area contributed by atoms with Gasteiger partial charge >= 0.3 is 0 Å². The van der Waals surface area contributed by atoms with E-state index in [0.717, 1.165) is 38.4 Å². The Bertz CT molecular complexity index is 738. The van der Waals surface area contributed by atoms with Crippen LogP contribution in [0.1, 0.15) is 36.6 Å². The Labute approximate surface area is 153 Å². The largest absolute Gasteiger partial charge is 0.455 e. The van der Waals surface area contributed by atoms with E-state index < -0.39 is 0 Å². The van der Waals surface area contributed by atoms with Crippen molar-refractivity contribution in [1.82, 2.24) is 10.2 Å². The van der Waals surface area contributed by atoms with E-state index in [1.54, 1.807) is 12.1 Å². The molecule has 0 saturated carbocycles. The van der Waals surface area contributed by atoms with Gasteiger partial charge in [0.2, 0.25) is 0 Å². The third kappa shape index (κ3) is 4.43. The molecule has 1 aromatic carbocycles. The Morgan fingerprint density at radius 2 is 1.92 bits per heavy atom. The number of rotatable bonds is 6. The smallest absolute Gasteiger partial charge is 0.287 e. The number of benzene rings is 1. The number of carbonyl (C=O) groups excluding carboxylic acids is 1. The first kappa shape index (κ1) is 18.5. The molecular weight excluding hydrogens is 333 g/mol. The van der Waals surface area contributed by atoms with Crippen molar-refractivity contribution in [1.29, 1.82) is 0 Å². The normalized spacial score (nSPS) is 16.5. The van der Waals surface area contributed by atoms with Crippen LogP contribution in [0.15, 0.2) is 40.8 Å². The molecule has 2 heterocycles. The number of furan rings is 1. The summed E-state index contributed by atoms with van der Waals surface area (Å²) in [6.07, 6.45) is 0.881. The van der Waals surface area contributed by atoms with Crippen LogP contribution in [-0.2, 0) is 6.54 Å². The molecule has 5 nitrogen and oxygen atoms in total. The van der Waals surface area contributed by atoms with Gasteiger partial charge in [-0.15, -0.1) is 0 Å². The van der Waals surface area contributed by atoms with E-state index in [1.165, 1.54) is 6.07 Å². The second-order valence-electron chi connectivity index (χ2n) is 6.76. The van der Waals surface area contributed by atoms with Crippen LogP contribution in [0, 0.1) is 5.82 Å². The molecule has 1 aliphatic rings. The number of carbonyl (C=O) groups is 1. The molecule has 1 N–H and O–H groups in total. The average molecular weight is 359 g/mol. The summed E-state index contributed by atoms with van der Waals surface area (Å²) < 4.78 is 19.6. The van der Waals surface area contributed by atoms with Gasteiger partial charge in [-0.05, 0) is 37.6 Å². The Balaban J connectivity index is 1.52. The molecule has 140 valence electrons. The molecule has 1 atom stereocenters. The predicted octanol–water partition coefficient (Wildman–Crippen LogP) is 3.27. The third-order valence-corrected chi connectivity index (χ3v) is 4.82. The van der Waals surface area contributed by atoms with Crippen LogP contribution in [0.25, 0.3) is 0 Å².